The van der Waals surface area contributed by atoms with Crippen LogP contribution in [0.5, 0.6) is 0 Å². The molecule has 0 aromatic rings. The van der Waals surface area contributed by atoms with Gasteiger partial charge in [-0.05, 0) is 25.8 Å². The van der Waals surface area contributed by atoms with Gasteiger partial charge < -0.3 is 20.8 Å². The van der Waals surface area contributed by atoms with Crippen molar-refractivity contribution in [2.24, 2.45) is 0 Å². The molecule has 2 heterocycles. The Bertz CT molecular complexity index is 428. The Balaban J connectivity index is 1.86. The molecule has 0 bridgehead atoms. The summed E-state index contributed by atoms with van der Waals surface area (Å²) in [5.74, 6) is -2.61. The first-order valence-electron chi connectivity index (χ1n) is 7.23. The quantitative estimate of drug-likeness (QED) is 0.560. The maximum absolute atomic E-state index is 11.9. The fourth-order valence-corrected chi connectivity index (χ4v) is 3.16. The molecule has 2 rings (SSSR count). The second-order valence-corrected chi connectivity index (χ2v) is 5.60. The van der Waals surface area contributed by atoms with Gasteiger partial charge in [0.1, 0.15) is 6.04 Å². The van der Waals surface area contributed by atoms with Crippen molar-refractivity contribution in [1.82, 2.24) is 15.5 Å². The van der Waals surface area contributed by atoms with Crippen LogP contribution in [-0.2, 0) is 9.59 Å². The molecule has 0 aromatic carbocycles. The SMILES string of the molecule is O=C(O)CC(NC(=O)NC1CCN2CCCCC12)C(=O)O. The van der Waals surface area contributed by atoms with Crippen LogP contribution in [0, 0.1) is 0 Å². The molecule has 4 N–H and O–H groups in total. The number of piperidine rings is 1. The molecule has 2 aliphatic heterocycles. The van der Waals surface area contributed by atoms with Crippen LogP contribution in [-0.4, -0.2) is 64.3 Å². The van der Waals surface area contributed by atoms with Crippen LogP contribution < -0.4 is 10.6 Å². The van der Waals surface area contributed by atoms with E-state index in [9.17, 15) is 14.4 Å². The number of urea groups is 1. The number of nitrogens with one attached hydrogen (secondary N) is 2. The minimum Gasteiger partial charge on any atom is -0.481 e. The summed E-state index contributed by atoms with van der Waals surface area (Å²) in [7, 11) is 0. The highest BCUT2D eigenvalue weighted by molar-refractivity contribution is 5.86. The van der Waals surface area contributed by atoms with Crippen molar-refractivity contribution in [1.29, 1.82) is 0 Å². The summed E-state index contributed by atoms with van der Waals surface area (Å²) in [5.41, 5.74) is 0. The number of carbonyl (C=O) groups is 3. The Morgan fingerprint density at radius 2 is 1.90 bits per heavy atom. The van der Waals surface area contributed by atoms with Crippen LogP contribution in [0.2, 0.25) is 0 Å². The molecule has 118 valence electrons. The van der Waals surface area contributed by atoms with E-state index >= 15 is 0 Å². The van der Waals surface area contributed by atoms with Crippen molar-refractivity contribution in [3.8, 4) is 0 Å². The van der Waals surface area contributed by atoms with Crippen molar-refractivity contribution in [3.63, 3.8) is 0 Å². The van der Waals surface area contributed by atoms with Crippen molar-refractivity contribution in [2.75, 3.05) is 13.1 Å². The molecule has 8 heteroatoms. The molecule has 0 spiro atoms. The fourth-order valence-electron chi connectivity index (χ4n) is 3.16. The topological polar surface area (TPSA) is 119 Å². The normalized spacial score (nSPS) is 26.7. The van der Waals surface area contributed by atoms with E-state index in [0.29, 0.717) is 6.04 Å². The number of hydrogen-bond donors (Lipinski definition) is 4. The van der Waals surface area contributed by atoms with E-state index in [1.807, 2.05) is 0 Å². The lowest BCUT2D eigenvalue weighted by molar-refractivity contribution is -0.145. The van der Waals surface area contributed by atoms with E-state index < -0.39 is 30.4 Å². The Labute approximate surface area is 122 Å². The summed E-state index contributed by atoms with van der Waals surface area (Å²) in [5, 5.41) is 22.6. The van der Waals surface area contributed by atoms with Gasteiger partial charge in [-0.1, -0.05) is 6.42 Å². The third-order valence-electron chi connectivity index (χ3n) is 4.15. The van der Waals surface area contributed by atoms with Crippen molar-refractivity contribution in [2.45, 2.75) is 50.2 Å². The predicted molar refractivity (Wildman–Crippen MR) is 73.0 cm³/mol. The maximum atomic E-state index is 11.9. The van der Waals surface area contributed by atoms with Crippen LogP contribution >= 0.6 is 0 Å². The van der Waals surface area contributed by atoms with E-state index in [1.165, 1.54) is 6.42 Å². The molecule has 2 aliphatic rings. The Morgan fingerprint density at radius 1 is 1.14 bits per heavy atom. The Hall–Kier alpha value is -1.83. The Kier molecular flexibility index (Phi) is 5.00. The summed E-state index contributed by atoms with van der Waals surface area (Å²) < 4.78 is 0. The molecule has 0 saturated carbocycles. The van der Waals surface area contributed by atoms with Gasteiger partial charge in [0.2, 0.25) is 0 Å². The molecule has 21 heavy (non-hydrogen) atoms. The van der Waals surface area contributed by atoms with Gasteiger partial charge in [0.15, 0.2) is 0 Å². The zero-order chi connectivity index (χ0) is 15.4. The van der Waals surface area contributed by atoms with Crippen LogP contribution in [0.25, 0.3) is 0 Å². The van der Waals surface area contributed by atoms with Crippen LogP contribution in [0.1, 0.15) is 32.1 Å². The standard InChI is InChI=1S/C13H21N3O5/c17-11(18)7-9(12(19)20)15-13(21)14-8-4-6-16-5-2-1-3-10(8)16/h8-10H,1-7H2,(H,17,18)(H,19,20)(H2,14,15,21). The van der Waals surface area contributed by atoms with E-state index in [4.69, 9.17) is 10.2 Å². The molecular weight excluding hydrogens is 278 g/mol. The van der Waals surface area contributed by atoms with Gasteiger partial charge >= 0.3 is 18.0 Å². The molecule has 3 unspecified atom stereocenters. The molecule has 8 nitrogen and oxygen atoms in total. The number of amides is 2. The first-order chi connectivity index (χ1) is 9.97. The van der Waals surface area contributed by atoms with E-state index in [0.717, 1.165) is 32.4 Å². The summed E-state index contributed by atoms with van der Waals surface area (Å²) in [4.78, 5) is 35.7. The summed E-state index contributed by atoms with van der Waals surface area (Å²) in [6.45, 7) is 1.98. The largest absolute Gasteiger partial charge is 0.481 e. The van der Waals surface area contributed by atoms with Gasteiger partial charge in [-0.25, -0.2) is 9.59 Å². The first kappa shape index (κ1) is 15.6. The lowest BCUT2D eigenvalue weighted by Crippen LogP contribution is -2.53. The fraction of sp³-hybridized carbons (Fsp3) is 0.769. The average molecular weight is 299 g/mol. The predicted octanol–water partition coefficient (Wildman–Crippen LogP) is -0.160. The third kappa shape index (κ3) is 4.07. The monoisotopic (exact) mass is 299 g/mol. The molecule has 0 aromatic heterocycles. The number of rotatable bonds is 5. The maximum Gasteiger partial charge on any atom is 0.326 e. The number of nitrogens with zero attached hydrogens (tertiary/aromatic N) is 1. The summed E-state index contributed by atoms with van der Waals surface area (Å²) >= 11 is 0. The van der Waals surface area contributed by atoms with Gasteiger partial charge in [-0.3, -0.25) is 9.69 Å². The Morgan fingerprint density at radius 3 is 2.57 bits per heavy atom. The number of carboxylic acids is 2. The highest BCUT2D eigenvalue weighted by Gasteiger charge is 2.36. The molecule has 2 saturated heterocycles. The first-order valence-corrected chi connectivity index (χ1v) is 7.23. The van der Waals surface area contributed by atoms with Gasteiger partial charge in [-0.2, -0.15) is 0 Å². The highest BCUT2D eigenvalue weighted by Crippen LogP contribution is 2.26. The van der Waals surface area contributed by atoms with E-state index in [-0.39, 0.29) is 6.04 Å². The van der Waals surface area contributed by atoms with Gasteiger partial charge in [0, 0.05) is 18.6 Å². The third-order valence-corrected chi connectivity index (χ3v) is 4.15. The second kappa shape index (κ2) is 6.75. The zero-order valence-electron chi connectivity index (χ0n) is 11.7. The number of aliphatic carboxylic acids is 2. The molecular formula is C13H21N3O5. The minimum atomic E-state index is -1.41. The second-order valence-electron chi connectivity index (χ2n) is 5.60. The number of hydrogen-bond acceptors (Lipinski definition) is 4. The minimum absolute atomic E-state index is 0.00423. The highest BCUT2D eigenvalue weighted by atomic mass is 16.4. The summed E-state index contributed by atoms with van der Waals surface area (Å²) in [6.07, 6.45) is 3.55. The van der Waals surface area contributed by atoms with Crippen molar-refractivity contribution in [3.05, 3.63) is 0 Å². The molecule has 3 atom stereocenters. The molecule has 2 fully saturated rings. The summed E-state index contributed by atoms with van der Waals surface area (Å²) in [6, 6.07) is -1.70. The molecule has 0 radical (unpaired) electrons. The van der Waals surface area contributed by atoms with Crippen LogP contribution in [0.3, 0.4) is 0 Å². The van der Waals surface area contributed by atoms with Crippen molar-refractivity contribution >= 4 is 18.0 Å². The van der Waals surface area contributed by atoms with Gasteiger partial charge in [0.25, 0.3) is 0 Å². The van der Waals surface area contributed by atoms with Gasteiger partial charge in [-0.15, -0.1) is 0 Å². The van der Waals surface area contributed by atoms with Crippen molar-refractivity contribution < 1.29 is 24.6 Å². The lowest BCUT2D eigenvalue weighted by atomic mass is 9.99. The van der Waals surface area contributed by atoms with Crippen LogP contribution in [0.15, 0.2) is 0 Å². The number of fused-ring (bicyclic) bond motifs is 1. The molecule has 0 aliphatic carbocycles. The number of carbonyl (C=O) groups excluding carboxylic acids is 1. The number of carboxylic acid groups (broad SMARTS) is 2. The lowest BCUT2D eigenvalue weighted by Gasteiger charge is -2.32. The smallest absolute Gasteiger partial charge is 0.326 e. The van der Waals surface area contributed by atoms with E-state index in [2.05, 4.69) is 15.5 Å². The van der Waals surface area contributed by atoms with Gasteiger partial charge in [0.05, 0.1) is 6.42 Å². The van der Waals surface area contributed by atoms with E-state index in [1.54, 1.807) is 0 Å². The zero-order valence-corrected chi connectivity index (χ0v) is 11.7. The molecule has 2 amide bonds. The van der Waals surface area contributed by atoms with Crippen LogP contribution in [0.4, 0.5) is 4.79 Å². The average Bonchev–Trinajstić information content (AvgIpc) is 2.81.